The van der Waals surface area contributed by atoms with Crippen molar-refractivity contribution in [2.24, 2.45) is 0 Å². The Kier molecular flexibility index (Phi) is 10.9. The monoisotopic (exact) mass is 773 g/mol. The van der Waals surface area contributed by atoms with Gasteiger partial charge in [-0.2, -0.15) is 0 Å². The molecule has 4 aromatic rings. The van der Waals surface area contributed by atoms with Crippen molar-refractivity contribution in [3.05, 3.63) is 95.9 Å². The van der Waals surface area contributed by atoms with Gasteiger partial charge < -0.3 is 5.11 Å². The van der Waals surface area contributed by atoms with Crippen LogP contribution in [-0.4, -0.2) is 29.1 Å². The van der Waals surface area contributed by atoms with E-state index in [0.29, 0.717) is 11.3 Å². The van der Waals surface area contributed by atoms with E-state index >= 15 is 0 Å². The summed E-state index contributed by atoms with van der Waals surface area (Å²) in [5.74, 6) is 6.22. The van der Waals surface area contributed by atoms with Crippen LogP contribution in [0.1, 0.15) is 25.0 Å². The van der Waals surface area contributed by atoms with Crippen molar-refractivity contribution < 1.29 is 43.2 Å². The number of carbonyl (C=O) groups excluding carboxylic acids is 1. The zero-order chi connectivity index (χ0) is 28.3. The zero-order valence-electron chi connectivity index (χ0n) is 22.7. The number of rotatable bonds is 4. The first kappa shape index (κ1) is 32.5. The van der Waals surface area contributed by atoms with Crippen LogP contribution in [0.5, 0.6) is 0 Å². The fourth-order valence-corrected chi connectivity index (χ4v) is 6.52. The quantitative estimate of drug-likeness (QED) is 0.0985. The Morgan fingerprint density at radius 1 is 1.00 bits per heavy atom. The van der Waals surface area contributed by atoms with Gasteiger partial charge in [-0.25, -0.2) is 0 Å². The number of fused-ring (bicyclic) bond motifs is 1. The number of nitrogens with zero attached hydrogens (tertiary/aromatic N) is 1. The summed E-state index contributed by atoms with van der Waals surface area (Å²) in [6.07, 6.45) is -1.69. The molecule has 3 nitrogen and oxygen atoms in total. The summed E-state index contributed by atoms with van der Waals surface area (Å²) in [7, 11) is 0. The summed E-state index contributed by atoms with van der Waals surface area (Å²) in [5.41, 5.74) is 2.56. The minimum absolute atomic E-state index is 0. The first-order chi connectivity index (χ1) is 17.7. The number of carbonyl (C=O) groups is 1. The van der Waals surface area contributed by atoms with E-state index in [4.69, 9.17) is 5.11 Å². The van der Waals surface area contributed by atoms with Gasteiger partial charge in [0.05, 0.1) is 5.76 Å². The maximum atomic E-state index is 14.0. The molecule has 3 aromatic carbocycles. The topological polar surface area (TPSA) is 50.2 Å². The van der Waals surface area contributed by atoms with Gasteiger partial charge in [-0.05, 0) is 13.8 Å². The van der Waals surface area contributed by atoms with Crippen molar-refractivity contribution >= 4 is 34.2 Å². The molecule has 1 heterocycles. The summed E-state index contributed by atoms with van der Waals surface area (Å²) in [4.78, 5) is 14.4. The number of alkyl halides is 3. The van der Waals surface area contributed by atoms with Gasteiger partial charge in [0.1, 0.15) is 0 Å². The van der Waals surface area contributed by atoms with Crippen LogP contribution in [-0.2, 0) is 31.1 Å². The van der Waals surface area contributed by atoms with Gasteiger partial charge in [0, 0.05) is 26.2 Å². The van der Waals surface area contributed by atoms with Gasteiger partial charge in [-0.1, -0.05) is 6.07 Å². The first-order valence-electron chi connectivity index (χ1n) is 12.1. The maximum absolute atomic E-state index is 14.0. The van der Waals surface area contributed by atoms with Crippen LogP contribution in [0.25, 0.3) is 33.2 Å². The van der Waals surface area contributed by atoms with E-state index in [1.54, 1.807) is 24.4 Å². The number of hydrogen-bond donors (Lipinski definition) is 1. The van der Waals surface area contributed by atoms with Gasteiger partial charge in [0.25, 0.3) is 0 Å². The van der Waals surface area contributed by atoms with Crippen molar-refractivity contribution in [3.63, 3.8) is 0 Å². The molecular formula is C31H31F3GeIrNO2-. The number of benzene rings is 3. The predicted molar refractivity (Wildman–Crippen MR) is 151 cm³/mol. The van der Waals surface area contributed by atoms with E-state index in [9.17, 15) is 18.0 Å². The van der Waals surface area contributed by atoms with Crippen LogP contribution in [0.4, 0.5) is 13.2 Å². The molecule has 0 saturated heterocycles. The van der Waals surface area contributed by atoms with E-state index in [1.807, 2.05) is 43.3 Å². The van der Waals surface area contributed by atoms with Gasteiger partial charge in [-0.3, -0.25) is 4.79 Å². The van der Waals surface area contributed by atoms with Crippen molar-refractivity contribution in [1.29, 1.82) is 0 Å². The molecule has 1 N–H and O–H groups in total. The third-order valence-electron chi connectivity index (χ3n) is 5.93. The minimum Gasteiger partial charge on any atom is 0 e. The van der Waals surface area contributed by atoms with E-state index in [-0.39, 0.29) is 37.2 Å². The van der Waals surface area contributed by atoms with Crippen LogP contribution >= 0.6 is 0 Å². The number of aliphatic hydroxyl groups excluding tert-OH is 1. The van der Waals surface area contributed by atoms with Crippen LogP contribution in [0.3, 0.4) is 0 Å². The Bertz CT molecular complexity index is 1500. The van der Waals surface area contributed by atoms with Crippen LogP contribution < -0.4 is 4.40 Å². The number of aliphatic hydroxyl groups is 1. The molecule has 0 aliphatic carbocycles. The van der Waals surface area contributed by atoms with Crippen molar-refractivity contribution in [1.82, 2.24) is 4.98 Å². The molecule has 1 aromatic heterocycles. The Morgan fingerprint density at radius 2 is 1.67 bits per heavy atom. The van der Waals surface area contributed by atoms with Gasteiger partial charge in [0.2, 0.25) is 0 Å². The van der Waals surface area contributed by atoms with Gasteiger partial charge in [0.15, 0.2) is 5.78 Å². The minimum atomic E-state index is -4.42. The molecule has 0 spiro atoms. The Labute approximate surface area is 243 Å². The van der Waals surface area contributed by atoms with Crippen molar-refractivity contribution in [2.75, 3.05) is 0 Å². The summed E-state index contributed by atoms with van der Waals surface area (Å²) in [5, 5.41) is 10.4. The summed E-state index contributed by atoms with van der Waals surface area (Å²) >= 11 is -2.41. The fraction of sp³-hybridized carbons (Fsp3) is 0.226. The fourth-order valence-electron chi connectivity index (χ4n) is 4.09. The Balaban J connectivity index is 0.000000592. The third-order valence-corrected chi connectivity index (χ3v) is 10.2. The molecule has 0 amide bonds. The third kappa shape index (κ3) is 8.62. The van der Waals surface area contributed by atoms with Gasteiger partial charge in [-0.15, -0.1) is 0 Å². The second kappa shape index (κ2) is 13.1. The predicted octanol–water partition coefficient (Wildman–Crippen LogP) is 8.28. The Morgan fingerprint density at radius 3 is 2.23 bits per heavy atom. The molecule has 0 unspecified atom stereocenters. The standard InChI is InChI=1S/C26H23F3GeN.C5H8O2.Ir/c1-17-13-20(14-18-7-5-6-8-22(17)18)25-15-19(11-12-31-25)23-10-9-21(30(2,3)4)16-24(23)26(27,28)29;1-4(6)3-5(2)7;/h5-13,15-16H,1-4H3;3,6H,1-2H3;/q-1;;/b;4-3-;. The Hall–Kier alpha value is -2.74. The van der Waals surface area contributed by atoms with Gasteiger partial charge >= 0.3 is 177 Å². The molecule has 0 saturated carbocycles. The number of aromatic nitrogens is 1. The van der Waals surface area contributed by atoms with Crippen molar-refractivity contribution in [3.8, 4) is 22.4 Å². The van der Waals surface area contributed by atoms with E-state index < -0.39 is 25.0 Å². The zero-order valence-corrected chi connectivity index (χ0v) is 27.2. The van der Waals surface area contributed by atoms with Crippen LogP contribution in [0.15, 0.2) is 78.7 Å². The summed E-state index contributed by atoms with van der Waals surface area (Å²) < 4.78 is 42.7. The SMILES string of the molecule is CC(=O)/C=C(/C)O.Cc1cc(-c2cc(-c3cc[c]([Ge]([CH3])([CH3])[CH3])cc3C(F)(F)F)ccn2)[c-]c2ccccc12.[Ir]. The molecule has 0 fully saturated rings. The van der Waals surface area contributed by atoms with Crippen LogP contribution in [0, 0.1) is 13.0 Å². The molecule has 0 atom stereocenters. The molecule has 0 aliphatic rings. The number of halogens is 3. The molecule has 0 aliphatic heterocycles. The molecule has 39 heavy (non-hydrogen) atoms. The molecule has 4 rings (SSSR count). The average molecular weight is 771 g/mol. The largest absolute Gasteiger partial charge is 0 e. The van der Waals surface area contributed by atoms with Crippen molar-refractivity contribution in [2.45, 2.75) is 44.2 Å². The van der Waals surface area contributed by atoms with E-state index in [1.165, 1.54) is 26.0 Å². The summed E-state index contributed by atoms with van der Waals surface area (Å²) in [6.45, 7) is 4.86. The average Bonchev–Trinajstić information content (AvgIpc) is 2.82. The van der Waals surface area contributed by atoms with Crippen LogP contribution in [0.2, 0.25) is 17.3 Å². The maximum Gasteiger partial charge on any atom is 0 e. The molecule has 8 heteroatoms. The van der Waals surface area contributed by atoms with E-state index in [2.05, 4.69) is 28.3 Å². The number of allylic oxidation sites excluding steroid dienone is 2. The number of aryl methyl sites for hydroxylation is 1. The molecule has 0 bridgehead atoms. The normalized spacial score (nSPS) is 11.9. The van der Waals surface area contributed by atoms with E-state index in [0.717, 1.165) is 26.3 Å². The molecule has 1 radical (unpaired) electrons. The summed E-state index contributed by atoms with van der Waals surface area (Å²) in [6, 6.07) is 21.5. The number of ketones is 1. The second-order valence-corrected chi connectivity index (χ2v) is 20.9. The smallest absolute Gasteiger partial charge is 0 e. The number of pyridine rings is 1. The second-order valence-electron chi connectivity index (χ2n) is 10.2. The molecular weight excluding hydrogens is 740 g/mol. The molecule has 207 valence electrons. The first-order valence-corrected chi connectivity index (χ1v) is 19.5. The number of hydrogen-bond acceptors (Lipinski definition) is 3.